The van der Waals surface area contributed by atoms with Crippen LogP contribution >= 0.6 is 23.2 Å². The molecule has 0 saturated carbocycles. The summed E-state index contributed by atoms with van der Waals surface area (Å²) in [5.41, 5.74) is 0.871. The van der Waals surface area contributed by atoms with E-state index in [0.29, 0.717) is 16.3 Å². The summed E-state index contributed by atoms with van der Waals surface area (Å²) in [5, 5.41) is 9.23. The van der Waals surface area contributed by atoms with Gasteiger partial charge in [0.25, 0.3) is 0 Å². The van der Waals surface area contributed by atoms with Crippen LogP contribution < -0.4 is 0 Å². The second-order valence-corrected chi connectivity index (χ2v) is 3.36. The standard InChI is InChI=1S/C8H7Cl2NO2/c1-3-5(9)4(2)11-7(6(3)10)8(12)13/h1-2H3,(H,12,13). The highest BCUT2D eigenvalue weighted by Gasteiger charge is 2.16. The predicted molar refractivity (Wildman–Crippen MR) is 50.7 cm³/mol. The summed E-state index contributed by atoms with van der Waals surface area (Å²) in [6.45, 7) is 3.30. The van der Waals surface area contributed by atoms with Crippen molar-refractivity contribution >= 4 is 29.2 Å². The van der Waals surface area contributed by atoms with Gasteiger partial charge in [0.15, 0.2) is 5.69 Å². The Morgan fingerprint density at radius 3 is 2.31 bits per heavy atom. The first-order valence-electron chi connectivity index (χ1n) is 3.50. The van der Waals surface area contributed by atoms with Crippen LogP contribution in [0, 0.1) is 13.8 Å². The lowest BCUT2D eigenvalue weighted by Crippen LogP contribution is -2.04. The number of rotatable bonds is 1. The van der Waals surface area contributed by atoms with Gasteiger partial charge in [0.05, 0.1) is 15.7 Å². The van der Waals surface area contributed by atoms with Gasteiger partial charge in [-0.15, -0.1) is 0 Å². The van der Waals surface area contributed by atoms with Gasteiger partial charge < -0.3 is 5.11 Å². The lowest BCUT2D eigenvalue weighted by atomic mass is 10.2. The van der Waals surface area contributed by atoms with Crippen LogP contribution in [0.25, 0.3) is 0 Å². The molecule has 13 heavy (non-hydrogen) atoms. The van der Waals surface area contributed by atoms with E-state index in [-0.39, 0.29) is 10.7 Å². The molecule has 0 aliphatic heterocycles. The molecule has 0 saturated heterocycles. The first-order valence-corrected chi connectivity index (χ1v) is 4.26. The third-order valence-corrected chi connectivity index (χ3v) is 2.69. The van der Waals surface area contributed by atoms with E-state index in [1.807, 2.05) is 0 Å². The number of carbonyl (C=O) groups is 1. The fraction of sp³-hybridized carbons (Fsp3) is 0.250. The van der Waals surface area contributed by atoms with Crippen molar-refractivity contribution in [2.45, 2.75) is 13.8 Å². The van der Waals surface area contributed by atoms with E-state index in [1.165, 1.54) is 0 Å². The molecule has 1 rings (SSSR count). The molecule has 0 radical (unpaired) electrons. The van der Waals surface area contributed by atoms with Gasteiger partial charge in [0.2, 0.25) is 0 Å². The quantitative estimate of drug-likeness (QED) is 0.791. The summed E-state index contributed by atoms with van der Waals surface area (Å²) in [7, 11) is 0. The SMILES string of the molecule is Cc1nc(C(=O)O)c(Cl)c(C)c1Cl. The third kappa shape index (κ3) is 1.76. The average Bonchev–Trinajstić information content (AvgIpc) is 2.07. The summed E-state index contributed by atoms with van der Waals surface area (Å²) in [5.74, 6) is -1.15. The van der Waals surface area contributed by atoms with Crippen molar-refractivity contribution in [3.63, 3.8) is 0 Å². The van der Waals surface area contributed by atoms with Crippen LogP contribution in [-0.2, 0) is 0 Å². The minimum atomic E-state index is -1.15. The Bertz CT molecular complexity index is 377. The van der Waals surface area contributed by atoms with Crippen molar-refractivity contribution in [1.82, 2.24) is 4.98 Å². The molecule has 0 bridgehead atoms. The van der Waals surface area contributed by atoms with Gasteiger partial charge in [-0.05, 0) is 19.4 Å². The Balaban J connectivity index is 3.50. The van der Waals surface area contributed by atoms with Gasteiger partial charge in [-0.25, -0.2) is 9.78 Å². The fourth-order valence-electron chi connectivity index (χ4n) is 0.953. The van der Waals surface area contributed by atoms with E-state index in [9.17, 15) is 4.79 Å². The summed E-state index contributed by atoms with van der Waals surface area (Å²) < 4.78 is 0. The van der Waals surface area contributed by atoms with E-state index in [1.54, 1.807) is 13.8 Å². The summed E-state index contributed by atoms with van der Waals surface area (Å²) in [6.07, 6.45) is 0. The lowest BCUT2D eigenvalue weighted by Gasteiger charge is -2.06. The number of hydrogen-bond donors (Lipinski definition) is 1. The van der Waals surface area contributed by atoms with Gasteiger partial charge in [-0.1, -0.05) is 23.2 Å². The molecule has 0 fully saturated rings. The van der Waals surface area contributed by atoms with Crippen molar-refractivity contribution in [2.75, 3.05) is 0 Å². The highest BCUT2D eigenvalue weighted by Crippen LogP contribution is 2.27. The Hall–Kier alpha value is -0.800. The number of aromatic carboxylic acids is 1. The molecule has 0 unspecified atom stereocenters. The van der Waals surface area contributed by atoms with Crippen LogP contribution in [0.4, 0.5) is 0 Å². The third-order valence-electron chi connectivity index (χ3n) is 1.67. The molecular formula is C8H7Cl2NO2. The number of aryl methyl sites for hydroxylation is 1. The van der Waals surface area contributed by atoms with Gasteiger partial charge in [-0.3, -0.25) is 0 Å². The number of pyridine rings is 1. The maximum Gasteiger partial charge on any atom is 0.356 e. The minimum Gasteiger partial charge on any atom is -0.476 e. The highest BCUT2D eigenvalue weighted by molar-refractivity contribution is 6.37. The zero-order chi connectivity index (χ0) is 10.2. The number of halogens is 2. The maximum absolute atomic E-state index is 10.6. The van der Waals surface area contributed by atoms with Crippen molar-refractivity contribution in [2.24, 2.45) is 0 Å². The molecule has 1 aromatic heterocycles. The van der Waals surface area contributed by atoms with Crippen LogP contribution in [0.5, 0.6) is 0 Å². The number of aromatic nitrogens is 1. The highest BCUT2D eigenvalue weighted by atomic mass is 35.5. The molecule has 0 aliphatic rings. The predicted octanol–water partition coefficient (Wildman–Crippen LogP) is 2.70. The van der Waals surface area contributed by atoms with Crippen LogP contribution in [0.15, 0.2) is 0 Å². The van der Waals surface area contributed by atoms with Crippen molar-refractivity contribution in [3.8, 4) is 0 Å². The molecule has 0 atom stereocenters. The van der Waals surface area contributed by atoms with E-state index < -0.39 is 5.97 Å². The largest absolute Gasteiger partial charge is 0.476 e. The second-order valence-electron chi connectivity index (χ2n) is 2.60. The number of carboxylic acid groups (broad SMARTS) is 1. The van der Waals surface area contributed by atoms with E-state index in [4.69, 9.17) is 28.3 Å². The van der Waals surface area contributed by atoms with Gasteiger partial charge >= 0.3 is 5.97 Å². The molecule has 0 aliphatic carbocycles. The summed E-state index contributed by atoms with van der Waals surface area (Å²) >= 11 is 11.6. The van der Waals surface area contributed by atoms with Crippen molar-refractivity contribution < 1.29 is 9.90 Å². The maximum atomic E-state index is 10.6. The number of hydrogen-bond acceptors (Lipinski definition) is 2. The average molecular weight is 220 g/mol. The molecular weight excluding hydrogens is 213 g/mol. The fourth-order valence-corrected chi connectivity index (χ4v) is 1.36. The number of nitrogens with zero attached hydrogens (tertiary/aromatic N) is 1. The Morgan fingerprint density at radius 1 is 1.31 bits per heavy atom. The number of carboxylic acids is 1. The van der Waals surface area contributed by atoms with Crippen LogP contribution in [0.3, 0.4) is 0 Å². The Morgan fingerprint density at radius 2 is 1.85 bits per heavy atom. The molecule has 0 amide bonds. The van der Waals surface area contributed by atoms with Crippen molar-refractivity contribution in [1.29, 1.82) is 0 Å². The molecule has 1 heterocycles. The van der Waals surface area contributed by atoms with Gasteiger partial charge in [0.1, 0.15) is 0 Å². The van der Waals surface area contributed by atoms with Crippen LogP contribution in [0.2, 0.25) is 10.0 Å². The summed E-state index contributed by atoms with van der Waals surface area (Å²) in [6, 6.07) is 0. The Labute approximate surface area is 85.3 Å². The van der Waals surface area contributed by atoms with Gasteiger partial charge in [-0.2, -0.15) is 0 Å². The Kier molecular flexibility index (Phi) is 2.78. The zero-order valence-corrected chi connectivity index (χ0v) is 8.57. The van der Waals surface area contributed by atoms with Gasteiger partial charge in [0, 0.05) is 0 Å². The van der Waals surface area contributed by atoms with E-state index in [0.717, 1.165) is 0 Å². The smallest absolute Gasteiger partial charge is 0.356 e. The van der Waals surface area contributed by atoms with E-state index >= 15 is 0 Å². The monoisotopic (exact) mass is 219 g/mol. The molecule has 3 nitrogen and oxygen atoms in total. The minimum absolute atomic E-state index is 0.100. The second kappa shape index (κ2) is 3.52. The first-order chi connectivity index (χ1) is 5.95. The van der Waals surface area contributed by atoms with Crippen LogP contribution in [0.1, 0.15) is 21.7 Å². The first kappa shape index (κ1) is 10.3. The normalized spacial score (nSPS) is 10.2. The van der Waals surface area contributed by atoms with Crippen molar-refractivity contribution in [3.05, 3.63) is 27.0 Å². The molecule has 1 aromatic rings. The molecule has 70 valence electrons. The molecule has 0 aromatic carbocycles. The summed E-state index contributed by atoms with van der Waals surface area (Å²) in [4.78, 5) is 14.4. The molecule has 1 N–H and O–H groups in total. The topological polar surface area (TPSA) is 50.2 Å². The molecule has 0 spiro atoms. The molecule has 5 heteroatoms. The van der Waals surface area contributed by atoms with E-state index in [2.05, 4.69) is 4.98 Å². The van der Waals surface area contributed by atoms with Crippen LogP contribution in [-0.4, -0.2) is 16.1 Å². The lowest BCUT2D eigenvalue weighted by molar-refractivity contribution is 0.0690. The zero-order valence-electron chi connectivity index (χ0n) is 7.06.